The monoisotopic (exact) mass is 388 g/mol. The van der Waals surface area contributed by atoms with E-state index >= 15 is 0 Å². The number of nitrogens with zero attached hydrogens (tertiary/aromatic N) is 5. The molecule has 148 valence electrons. The number of rotatable bonds is 4. The Morgan fingerprint density at radius 1 is 1.21 bits per heavy atom. The van der Waals surface area contributed by atoms with Gasteiger partial charge in [0, 0.05) is 42.8 Å². The number of nitrogen functional groups attached to an aromatic ring is 1. The Labute approximate surface area is 170 Å². The lowest BCUT2D eigenvalue weighted by Gasteiger charge is -2.32. The summed E-state index contributed by atoms with van der Waals surface area (Å²) in [6, 6.07) is 10.1. The fourth-order valence-corrected chi connectivity index (χ4v) is 3.77. The van der Waals surface area contributed by atoms with Crippen molar-refractivity contribution < 1.29 is 4.74 Å². The first kappa shape index (κ1) is 18.8. The molecule has 0 amide bonds. The van der Waals surface area contributed by atoms with Crippen LogP contribution < -0.4 is 15.4 Å². The molecule has 2 N–H and O–H groups in total. The molecule has 0 unspecified atom stereocenters. The van der Waals surface area contributed by atoms with Crippen LogP contribution in [0.1, 0.15) is 25.3 Å². The molecule has 1 aliphatic rings. The average molecular weight is 388 g/mol. The number of piperidine rings is 1. The van der Waals surface area contributed by atoms with E-state index in [1.165, 1.54) is 12.8 Å². The molecule has 7 nitrogen and oxygen atoms in total. The van der Waals surface area contributed by atoms with E-state index < -0.39 is 0 Å². The molecule has 1 aromatic carbocycles. The van der Waals surface area contributed by atoms with Gasteiger partial charge in [-0.1, -0.05) is 6.92 Å². The summed E-state index contributed by atoms with van der Waals surface area (Å²) in [5.74, 6) is 2.31. The first-order valence-electron chi connectivity index (χ1n) is 9.72. The Hall–Kier alpha value is -3.53. The van der Waals surface area contributed by atoms with Gasteiger partial charge < -0.3 is 15.4 Å². The number of anilines is 2. The molecule has 0 aliphatic carbocycles. The van der Waals surface area contributed by atoms with Crippen molar-refractivity contribution in [2.24, 2.45) is 5.92 Å². The fraction of sp³-hybridized carbons (Fsp3) is 0.318. The molecule has 1 fully saturated rings. The Morgan fingerprint density at radius 3 is 2.66 bits per heavy atom. The van der Waals surface area contributed by atoms with Crippen LogP contribution in [0.15, 0.2) is 43.0 Å². The van der Waals surface area contributed by atoms with Gasteiger partial charge in [0.2, 0.25) is 0 Å². The molecular formula is C22H24N6O. The summed E-state index contributed by atoms with van der Waals surface area (Å²) in [6.45, 7) is 4.32. The third kappa shape index (κ3) is 3.74. The quantitative estimate of drug-likeness (QED) is 0.733. The third-order valence-electron chi connectivity index (χ3n) is 5.47. The lowest BCUT2D eigenvalue weighted by atomic mass is 9.97. The van der Waals surface area contributed by atoms with Crippen molar-refractivity contribution >= 4 is 11.5 Å². The Balaban J connectivity index is 1.84. The topological polar surface area (TPSA) is 93.0 Å². The van der Waals surface area contributed by atoms with Crippen molar-refractivity contribution in [3.8, 4) is 28.8 Å². The van der Waals surface area contributed by atoms with Gasteiger partial charge >= 0.3 is 0 Å². The third-order valence-corrected chi connectivity index (χ3v) is 5.47. The average Bonchev–Trinajstić information content (AvgIpc) is 3.28. The lowest BCUT2D eigenvalue weighted by Crippen LogP contribution is -2.32. The summed E-state index contributed by atoms with van der Waals surface area (Å²) in [5, 5.41) is 9.92. The molecule has 1 aliphatic heterocycles. The van der Waals surface area contributed by atoms with E-state index in [0.29, 0.717) is 17.2 Å². The van der Waals surface area contributed by atoms with Gasteiger partial charge in [-0.3, -0.25) is 4.57 Å². The number of ether oxygens (including phenoxy) is 1. The SMILES string of the molecule is COc1cc(-c2cc(N)nc(-n3ccnc3)c2C#N)cc(N2CCC(C)CC2)c1. The van der Waals surface area contributed by atoms with Gasteiger partial charge in [-0.15, -0.1) is 0 Å². The summed E-state index contributed by atoms with van der Waals surface area (Å²) in [5.41, 5.74) is 9.25. The zero-order valence-corrected chi connectivity index (χ0v) is 16.7. The van der Waals surface area contributed by atoms with Crippen molar-refractivity contribution in [3.05, 3.63) is 48.5 Å². The first-order valence-corrected chi connectivity index (χ1v) is 9.72. The summed E-state index contributed by atoms with van der Waals surface area (Å²) in [7, 11) is 1.66. The molecule has 2 aromatic heterocycles. The van der Waals surface area contributed by atoms with E-state index in [-0.39, 0.29) is 0 Å². The number of pyridine rings is 1. The van der Waals surface area contributed by atoms with Crippen LogP contribution in [0.2, 0.25) is 0 Å². The number of hydrogen-bond acceptors (Lipinski definition) is 6. The zero-order chi connectivity index (χ0) is 20.4. The number of hydrogen-bond donors (Lipinski definition) is 1. The molecule has 1 saturated heterocycles. The highest BCUT2D eigenvalue weighted by atomic mass is 16.5. The van der Waals surface area contributed by atoms with Crippen molar-refractivity contribution in [2.45, 2.75) is 19.8 Å². The summed E-state index contributed by atoms with van der Waals surface area (Å²) >= 11 is 0. The van der Waals surface area contributed by atoms with Gasteiger partial charge in [-0.05, 0) is 42.5 Å². The largest absolute Gasteiger partial charge is 0.497 e. The molecule has 0 bridgehead atoms. The lowest BCUT2D eigenvalue weighted by molar-refractivity contribution is 0.413. The summed E-state index contributed by atoms with van der Waals surface area (Å²) in [6.07, 6.45) is 7.34. The molecule has 0 radical (unpaired) electrons. The Bertz CT molecular complexity index is 1050. The standard InChI is InChI=1S/C22H24N6O/c1-15-3-6-27(7-4-15)17-9-16(10-18(11-17)29-2)19-12-21(24)26-22(20(19)13-23)28-8-5-25-14-28/h5,8-12,14-15H,3-4,6-7H2,1-2H3,(H2,24,26). The summed E-state index contributed by atoms with van der Waals surface area (Å²) in [4.78, 5) is 10.8. The molecule has 0 saturated carbocycles. The molecule has 0 atom stereocenters. The predicted octanol–water partition coefficient (Wildman–Crippen LogP) is 3.63. The maximum absolute atomic E-state index is 9.92. The smallest absolute Gasteiger partial charge is 0.158 e. The second kappa shape index (κ2) is 7.84. The maximum atomic E-state index is 9.92. The highest BCUT2D eigenvalue weighted by Crippen LogP contribution is 2.35. The van der Waals surface area contributed by atoms with Gasteiger partial charge in [0.05, 0.1) is 7.11 Å². The van der Waals surface area contributed by atoms with E-state index in [1.54, 1.807) is 36.5 Å². The van der Waals surface area contributed by atoms with Gasteiger partial charge in [-0.2, -0.15) is 5.26 Å². The van der Waals surface area contributed by atoms with Crippen LogP contribution in [0.4, 0.5) is 11.5 Å². The first-order chi connectivity index (χ1) is 14.1. The van der Waals surface area contributed by atoms with Crippen LogP contribution in [-0.4, -0.2) is 34.7 Å². The number of benzene rings is 1. The normalized spacial score (nSPS) is 14.6. The Morgan fingerprint density at radius 2 is 2.00 bits per heavy atom. The van der Waals surface area contributed by atoms with Crippen LogP contribution in [0.3, 0.4) is 0 Å². The second-order valence-corrected chi connectivity index (χ2v) is 7.46. The van der Waals surface area contributed by atoms with Crippen LogP contribution in [-0.2, 0) is 0 Å². The highest BCUT2D eigenvalue weighted by Gasteiger charge is 2.20. The number of nitrogens with two attached hydrogens (primary N) is 1. The van der Waals surface area contributed by atoms with Gasteiger partial charge in [0.1, 0.15) is 29.5 Å². The number of imidazole rings is 1. The van der Waals surface area contributed by atoms with E-state index in [0.717, 1.165) is 41.6 Å². The van der Waals surface area contributed by atoms with Crippen molar-refractivity contribution in [2.75, 3.05) is 30.8 Å². The van der Waals surface area contributed by atoms with Crippen LogP contribution in [0.25, 0.3) is 16.9 Å². The number of nitriles is 1. The van der Waals surface area contributed by atoms with Crippen LogP contribution >= 0.6 is 0 Å². The van der Waals surface area contributed by atoms with Crippen molar-refractivity contribution in [1.29, 1.82) is 5.26 Å². The fourth-order valence-electron chi connectivity index (χ4n) is 3.77. The van der Waals surface area contributed by atoms with E-state index in [9.17, 15) is 5.26 Å². The zero-order valence-electron chi connectivity index (χ0n) is 16.7. The highest BCUT2D eigenvalue weighted by molar-refractivity contribution is 5.79. The minimum absolute atomic E-state index is 0.346. The van der Waals surface area contributed by atoms with Crippen molar-refractivity contribution in [3.63, 3.8) is 0 Å². The predicted molar refractivity (Wildman–Crippen MR) is 113 cm³/mol. The second-order valence-electron chi connectivity index (χ2n) is 7.46. The van der Waals surface area contributed by atoms with Gasteiger partial charge in [0.25, 0.3) is 0 Å². The molecular weight excluding hydrogens is 364 g/mol. The summed E-state index contributed by atoms with van der Waals surface area (Å²) < 4.78 is 7.26. The van der Waals surface area contributed by atoms with Crippen LogP contribution in [0.5, 0.6) is 5.75 Å². The van der Waals surface area contributed by atoms with Crippen LogP contribution in [0, 0.1) is 17.2 Å². The van der Waals surface area contributed by atoms with E-state index in [2.05, 4.69) is 33.9 Å². The van der Waals surface area contributed by atoms with Gasteiger partial charge in [-0.25, -0.2) is 9.97 Å². The minimum atomic E-state index is 0.346. The molecule has 0 spiro atoms. The molecule has 4 rings (SSSR count). The Kier molecular flexibility index (Phi) is 5.09. The molecule has 7 heteroatoms. The number of methoxy groups -OCH3 is 1. The minimum Gasteiger partial charge on any atom is -0.497 e. The number of aromatic nitrogens is 3. The molecule has 3 aromatic rings. The maximum Gasteiger partial charge on any atom is 0.158 e. The molecule has 29 heavy (non-hydrogen) atoms. The van der Waals surface area contributed by atoms with Gasteiger partial charge in [0.15, 0.2) is 5.82 Å². The van der Waals surface area contributed by atoms with E-state index in [4.69, 9.17) is 10.5 Å². The van der Waals surface area contributed by atoms with E-state index in [1.807, 2.05) is 12.1 Å². The molecule has 3 heterocycles. The van der Waals surface area contributed by atoms with Crippen molar-refractivity contribution in [1.82, 2.24) is 14.5 Å².